The maximum Gasteiger partial charge on any atom is 0.415 e. The van der Waals surface area contributed by atoms with Crippen LogP contribution in [-0.2, 0) is 4.79 Å². The van der Waals surface area contributed by atoms with Crippen LogP contribution in [0.2, 0.25) is 0 Å². The van der Waals surface area contributed by atoms with Gasteiger partial charge in [-0.25, -0.2) is 14.2 Å². The number of pyridine rings is 1. The largest absolute Gasteiger partial charge is 0.415 e. The molecule has 0 unspecified atom stereocenters. The third-order valence-electron chi connectivity index (χ3n) is 7.98. The third-order valence-corrected chi connectivity index (χ3v) is 7.98. The van der Waals surface area contributed by atoms with Crippen LogP contribution in [0.4, 0.5) is 14.9 Å². The summed E-state index contributed by atoms with van der Waals surface area (Å²) in [5, 5.41) is 8.99. The van der Waals surface area contributed by atoms with E-state index in [2.05, 4.69) is 22.0 Å². The number of benzene rings is 2. The molecule has 9 heteroatoms. The first-order chi connectivity index (χ1) is 19.3. The van der Waals surface area contributed by atoms with Crippen molar-refractivity contribution in [3.63, 3.8) is 0 Å². The van der Waals surface area contributed by atoms with E-state index < -0.39 is 11.9 Å². The number of nitrogens with zero attached hydrogens (tertiary/aromatic N) is 5. The van der Waals surface area contributed by atoms with E-state index in [4.69, 9.17) is 10.00 Å². The number of hydrogen-bond donors (Lipinski definition) is 0. The molecule has 0 saturated carbocycles. The molecule has 8 nitrogen and oxygen atoms in total. The fourth-order valence-electron chi connectivity index (χ4n) is 5.59. The van der Waals surface area contributed by atoms with Gasteiger partial charge in [0.2, 0.25) is 5.91 Å². The minimum absolute atomic E-state index is 0.0693. The number of carbonyl (C=O) groups is 2. The average Bonchev–Trinajstić information content (AvgIpc) is 3.43. The molecule has 0 radical (unpaired) electrons. The van der Waals surface area contributed by atoms with Gasteiger partial charge in [0.25, 0.3) is 0 Å². The number of nitriles is 1. The van der Waals surface area contributed by atoms with Gasteiger partial charge in [0, 0.05) is 45.1 Å². The lowest BCUT2D eigenvalue weighted by atomic mass is 9.93. The molecule has 3 aromatic rings. The minimum atomic E-state index is -0.549. The van der Waals surface area contributed by atoms with Gasteiger partial charge in [-0.3, -0.25) is 4.79 Å². The molecule has 0 spiro atoms. The Morgan fingerprint density at radius 1 is 1.02 bits per heavy atom. The van der Waals surface area contributed by atoms with E-state index >= 15 is 0 Å². The highest BCUT2D eigenvalue weighted by Gasteiger charge is 2.42. The summed E-state index contributed by atoms with van der Waals surface area (Å²) in [5.74, 6) is -0.202. The molecular formula is C31H32FN5O3. The van der Waals surface area contributed by atoms with Crippen LogP contribution < -0.4 is 9.64 Å². The zero-order valence-corrected chi connectivity index (χ0v) is 22.7. The van der Waals surface area contributed by atoms with Gasteiger partial charge in [0.15, 0.2) is 0 Å². The second kappa shape index (κ2) is 11.7. The Bertz CT molecular complexity index is 1380. The van der Waals surface area contributed by atoms with Crippen molar-refractivity contribution in [1.29, 1.82) is 5.26 Å². The molecule has 2 atom stereocenters. The molecule has 2 amide bonds. The molecule has 5 rings (SSSR count). The molecule has 3 heterocycles. The Balaban J connectivity index is 1.27. The normalized spacial score (nSPS) is 19.2. The van der Waals surface area contributed by atoms with Crippen LogP contribution in [0.5, 0.6) is 5.75 Å². The molecular weight excluding hydrogens is 509 g/mol. The quantitative estimate of drug-likeness (QED) is 0.464. The Kier molecular flexibility index (Phi) is 7.96. The maximum absolute atomic E-state index is 13.7. The zero-order chi connectivity index (χ0) is 28.2. The summed E-state index contributed by atoms with van der Waals surface area (Å²) < 4.78 is 18.8. The first-order valence-corrected chi connectivity index (χ1v) is 13.5. The average molecular weight is 542 g/mol. The highest BCUT2D eigenvalue weighted by atomic mass is 19.1. The van der Waals surface area contributed by atoms with Crippen LogP contribution in [0.15, 0.2) is 66.9 Å². The van der Waals surface area contributed by atoms with Gasteiger partial charge in [-0.1, -0.05) is 29.8 Å². The van der Waals surface area contributed by atoms with Crippen molar-refractivity contribution < 1.29 is 18.7 Å². The summed E-state index contributed by atoms with van der Waals surface area (Å²) in [6, 6.07) is 18.9. The second-order valence-electron chi connectivity index (χ2n) is 10.5. The summed E-state index contributed by atoms with van der Waals surface area (Å²) in [6.07, 6.45) is 2.60. The van der Waals surface area contributed by atoms with Crippen molar-refractivity contribution in [3.8, 4) is 11.8 Å². The van der Waals surface area contributed by atoms with Crippen LogP contribution in [0.3, 0.4) is 0 Å². The van der Waals surface area contributed by atoms with Crippen LogP contribution in [0.25, 0.3) is 0 Å². The van der Waals surface area contributed by atoms with Crippen molar-refractivity contribution in [2.75, 3.05) is 38.1 Å². The van der Waals surface area contributed by atoms with E-state index in [1.807, 2.05) is 36.1 Å². The molecule has 40 heavy (non-hydrogen) atoms. The summed E-state index contributed by atoms with van der Waals surface area (Å²) >= 11 is 0. The Morgan fingerprint density at radius 2 is 1.73 bits per heavy atom. The van der Waals surface area contributed by atoms with Gasteiger partial charge in [-0.2, -0.15) is 5.26 Å². The lowest BCUT2D eigenvalue weighted by molar-refractivity contribution is -0.135. The smallest absolute Gasteiger partial charge is 0.410 e. The highest BCUT2D eigenvalue weighted by Crippen LogP contribution is 2.34. The highest BCUT2D eigenvalue weighted by molar-refractivity contribution is 5.80. The Morgan fingerprint density at radius 3 is 2.35 bits per heavy atom. The minimum Gasteiger partial charge on any atom is -0.410 e. The number of rotatable bonds is 5. The standard InChI is InChI=1S/C31H32FN5O3/c1-21-3-5-22(6-4-21)28-19-37(20-29(28)35(2)31(39)40-27-11-7-24(32)8-12-27)30(38)23-13-15-36(16-14-23)26-10-9-25(17-33)34-18-26/h3-12,18,23,28-29H,13-16,19-20H2,1-2H3/t28-,29+/m0/s1. The molecule has 0 N–H and O–H groups in total. The number of anilines is 1. The van der Waals surface area contributed by atoms with E-state index in [1.54, 1.807) is 24.2 Å². The first-order valence-electron chi connectivity index (χ1n) is 13.5. The van der Waals surface area contributed by atoms with Gasteiger partial charge in [-0.05, 0) is 61.7 Å². The van der Waals surface area contributed by atoms with Crippen molar-refractivity contribution >= 4 is 17.7 Å². The van der Waals surface area contributed by atoms with Gasteiger partial charge in [0.05, 0.1) is 17.9 Å². The molecule has 2 fully saturated rings. The molecule has 1 aromatic heterocycles. The van der Waals surface area contributed by atoms with Crippen LogP contribution >= 0.6 is 0 Å². The molecule has 2 saturated heterocycles. The van der Waals surface area contributed by atoms with E-state index in [0.29, 0.717) is 18.8 Å². The van der Waals surface area contributed by atoms with Crippen molar-refractivity contribution in [1.82, 2.24) is 14.8 Å². The Hall–Kier alpha value is -4.45. The van der Waals surface area contributed by atoms with Crippen LogP contribution in [0.1, 0.15) is 35.6 Å². The van der Waals surface area contributed by atoms with Gasteiger partial charge < -0.3 is 19.4 Å². The lowest BCUT2D eigenvalue weighted by Gasteiger charge is -2.34. The molecule has 2 aromatic carbocycles. The van der Waals surface area contributed by atoms with Crippen LogP contribution in [0, 0.1) is 30.0 Å². The second-order valence-corrected chi connectivity index (χ2v) is 10.5. The molecule has 0 bridgehead atoms. The fourth-order valence-corrected chi connectivity index (χ4v) is 5.59. The predicted molar refractivity (Wildman–Crippen MR) is 148 cm³/mol. The number of hydrogen-bond acceptors (Lipinski definition) is 6. The van der Waals surface area contributed by atoms with Gasteiger partial charge >= 0.3 is 6.09 Å². The number of likely N-dealkylation sites (tertiary alicyclic amines) is 1. The number of amides is 2. The number of aromatic nitrogens is 1. The fraction of sp³-hybridized carbons (Fsp3) is 0.355. The monoisotopic (exact) mass is 541 g/mol. The first kappa shape index (κ1) is 27.1. The number of carbonyl (C=O) groups excluding carboxylic acids is 2. The van der Waals surface area contributed by atoms with Crippen molar-refractivity contribution in [2.45, 2.75) is 31.7 Å². The van der Waals surface area contributed by atoms with E-state index in [9.17, 15) is 14.0 Å². The van der Waals surface area contributed by atoms with Crippen molar-refractivity contribution in [3.05, 3.63) is 89.5 Å². The number of halogens is 1. The number of piperidine rings is 1. The maximum atomic E-state index is 13.7. The van der Waals surface area contributed by atoms with E-state index in [1.165, 1.54) is 24.3 Å². The number of likely N-dealkylation sites (N-methyl/N-ethyl adjacent to an activating group) is 1. The topological polar surface area (TPSA) is 89.8 Å². The number of ether oxygens (including phenoxy) is 1. The number of aryl methyl sites for hydroxylation is 1. The van der Waals surface area contributed by atoms with E-state index in [0.717, 1.165) is 42.7 Å². The third kappa shape index (κ3) is 5.91. The molecule has 2 aliphatic heterocycles. The summed E-state index contributed by atoms with van der Waals surface area (Å²) in [7, 11) is 1.69. The lowest BCUT2D eigenvalue weighted by Crippen LogP contribution is -2.45. The van der Waals surface area contributed by atoms with Gasteiger partial charge in [-0.15, -0.1) is 0 Å². The summed E-state index contributed by atoms with van der Waals surface area (Å²) in [5.41, 5.74) is 3.54. The summed E-state index contributed by atoms with van der Waals surface area (Å²) in [4.78, 5) is 36.6. The molecule has 0 aliphatic carbocycles. The van der Waals surface area contributed by atoms with Crippen LogP contribution in [-0.4, -0.2) is 66.1 Å². The van der Waals surface area contributed by atoms with Gasteiger partial charge in [0.1, 0.15) is 23.3 Å². The van der Waals surface area contributed by atoms with Crippen molar-refractivity contribution in [2.24, 2.45) is 5.92 Å². The Labute approximate surface area is 233 Å². The SMILES string of the molecule is Cc1ccc([C@@H]2CN(C(=O)C3CCN(c4ccc(C#N)nc4)CC3)C[C@H]2N(C)C(=O)Oc2ccc(F)cc2)cc1. The van der Waals surface area contributed by atoms with E-state index in [-0.39, 0.29) is 29.5 Å². The molecule has 206 valence electrons. The predicted octanol–water partition coefficient (Wildman–Crippen LogP) is 4.74. The summed E-state index contributed by atoms with van der Waals surface area (Å²) in [6.45, 7) is 4.41. The molecule has 2 aliphatic rings. The zero-order valence-electron chi connectivity index (χ0n) is 22.7.